The first-order valence-corrected chi connectivity index (χ1v) is 7.25. The molecule has 0 bridgehead atoms. The van der Waals surface area contributed by atoms with Crippen LogP contribution in [0.4, 0.5) is 13.2 Å². The van der Waals surface area contributed by atoms with Crippen molar-refractivity contribution in [2.45, 2.75) is 12.7 Å². The number of halogens is 3. The van der Waals surface area contributed by atoms with Gasteiger partial charge in [-0.2, -0.15) is 18.2 Å². The molecule has 0 atom stereocenters. The Kier molecular flexibility index (Phi) is 4.33. The van der Waals surface area contributed by atoms with E-state index in [9.17, 15) is 22.8 Å². The number of rotatable bonds is 4. The van der Waals surface area contributed by atoms with E-state index in [0.29, 0.717) is 5.56 Å². The molecule has 0 radical (unpaired) electrons. The molecule has 134 valence electrons. The lowest BCUT2D eigenvalue weighted by Crippen LogP contribution is -2.22. The van der Waals surface area contributed by atoms with Crippen molar-refractivity contribution in [2.24, 2.45) is 5.73 Å². The molecule has 7 nitrogen and oxygen atoms in total. The number of carbonyl (C=O) groups is 1. The molecule has 0 saturated heterocycles. The molecule has 0 unspecified atom stereocenters. The van der Waals surface area contributed by atoms with Gasteiger partial charge in [0.15, 0.2) is 0 Å². The van der Waals surface area contributed by atoms with E-state index >= 15 is 0 Å². The summed E-state index contributed by atoms with van der Waals surface area (Å²) >= 11 is 0. The van der Waals surface area contributed by atoms with Crippen molar-refractivity contribution in [3.63, 3.8) is 0 Å². The Balaban J connectivity index is 1.91. The predicted molar refractivity (Wildman–Crippen MR) is 83.1 cm³/mol. The van der Waals surface area contributed by atoms with Gasteiger partial charge in [0.05, 0.1) is 6.54 Å². The van der Waals surface area contributed by atoms with Gasteiger partial charge in [-0.3, -0.25) is 9.59 Å². The number of nitrogens with zero attached hydrogens (tertiary/aromatic N) is 3. The van der Waals surface area contributed by atoms with E-state index in [1.165, 1.54) is 22.9 Å². The molecular weight excluding hydrogens is 353 g/mol. The van der Waals surface area contributed by atoms with Crippen LogP contribution >= 0.6 is 0 Å². The average molecular weight is 364 g/mol. The quantitative estimate of drug-likeness (QED) is 0.763. The Morgan fingerprint density at radius 2 is 1.96 bits per heavy atom. The van der Waals surface area contributed by atoms with Crippen molar-refractivity contribution in [3.05, 3.63) is 70.0 Å². The lowest BCUT2D eigenvalue weighted by atomic mass is 10.1. The van der Waals surface area contributed by atoms with Crippen LogP contribution in [0.2, 0.25) is 0 Å². The average Bonchev–Trinajstić information content (AvgIpc) is 3.07. The van der Waals surface area contributed by atoms with E-state index in [0.717, 1.165) is 6.07 Å². The summed E-state index contributed by atoms with van der Waals surface area (Å²) in [4.78, 5) is 26.9. The van der Waals surface area contributed by atoms with Gasteiger partial charge in [-0.05, 0) is 17.7 Å². The molecule has 1 aromatic carbocycles. The lowest BCUT2D eigenvalue weighted by molar-refractivity contribution is -0.159. The molecule has 0 aliphatic carbocycles. The smallest absolute Gasteiger partial charge is 0.366 e. The van der Waals surface area contributed by atoms with Gasteiger partial charge in [0, 0.05) is 23.4 Å². The first kappa shape index (κ1) is 17.4. The number of primary amides is 1. The maximum atomic E-state index is 12.5. The molecule has 2 heterocycles. The Labute approximate surface area is 143 Å². The van der Waals surface area contributed by atoms with E-state index in [1.54, 1.807) is 18.2 Å². The van der Waals surface area contributed by atoms with E-state index < -0.39 is 23.5 Å². The summed E-state index contributed by atoms with van der Waals surface area (Å²) in [6.07, 6.45) is -3.40. The highest BCUT2D eigenvalue weighted by molar-refractivity contribution is 5.94. The minimum atomic E-state index is -4.77. The van der Waals surface area contributed by atoms with Gasteiger partial charge in [0.1, 0.15) is 0 Å². The van der Waals surface area contributed by atoms with E-state index in [2.05, 4.69) is 14.7 Å². The molecule has 2 aromatic heterocycles. The SMILES string of the molecule is NC(=O)c1ccccc1Cn1ccc(-c2noc(C(F)(F)F)n2)cc1=O. The highest BCUT2D eigenvalue weighted by Gasteiger charge is 2.38. The topological polar surface area (TPSA) is 104 Å². The summed E-state index contributed by atoms with van der Waals surface area (Å²) in [5.74, 6) is -2.47. The van der Waals surface area contributed by atoms with Crippen LogP contribution in [-0.2, 0) is 12.7 Å². The fourth-order valence-corrected chi connectivity index (χ4v) is 2.32. The Hall–Kier alpha value is -3.43. The highest BCUT2D eigenvalue weighted by atomic mass is 19.4. The van der Waals surface area contributed by atoms with Crippen LogP contribution in [0.1, 0.15) is 21.8 Å². The van der Waals surface area contributed by atoms with Crippen LogP contribution in [-0.4, -0.2) is 20.6 Å². The minimum absolute atomic E-state index is 0.0677. The van der Waals surface area contributed by atoms with Gasteiger partial charge in [0.2, 0.25) is 11.7 Å². The van der Waals surface area contributed by atoms with Crippen LogP contribution in [0.3, 0.4) is 0 Å². The normalized spacial score (nSPS) is 11.5. The standard InChI is InChI=1S/C16H11F3N4O3/c17-16(18,19)15-21-14(22-26-15)9-5-6-23(12(24)7-9)8-10-3-1-2-4-11(10)13(20)25/h1-7H,8H2,(H2,20,25). The van der Waals surface area contributed by atoms with Crippen LogP contribution in [0, 0.1) is 0 Å². The van der Waals surface area contributed by atoms with Crippen molar-refractivity contribution in [3.8, 4) is 11.4 Å². The van der Waals surface area contributed by atoms with E-state index in [4.69, 9.17) is 5.73 Å². The highest BCUT2D eigenvalue weighted by Crippen LogP contribution is 2.29. The number of pyridine rings is 1. The Morgan fingerprint density at radius 1 is 1.23 bits per heavy atom. The summed E-state index contributed by atoms with van der Waals surface area (Å²) in [7, 11) is 0. The van der Waals surface area contributed by atoms with Gasteiger partial charge in [-0.15, -0.1) is 0 Å². The number of alkyl halides is 3. The molecule has 0 fully saturated rings. The molecule has 0 aliphatic heterocycles. The van der Waals surface area contributed by atoms with Crippen molar-refractivity contribution < 1.29 is 22.5 Å². The summed E-state index contributed by atoms with van der Waals surface area (Å²) < 4.78 is 42.9. The predicted octanol–water partition coefficient (Wildman–Crippen LogP) is 2.06. The third-order valence-corrected chi connectivity index (χ3v) is 3.55. The van der Waals surface area contributed by atoms with Crippen LogP contribution in [0.15, 0.2) is 51.9 Å². The number of hydrogen-bond acceptors (Lipinski definition) is 5. The number of carbonyl (C=O) groups excluding carboxylic acids is 1. The first-order chi connectivity index (χ1) is 12.3. The zero-order valence-corrected chi connectivity index (χ0v) is 13.0. The molecule has 10 heteroatoms. The summed E-state index contributed by atoms with van der Waals surface area (Å²) in [6.45, 7) is 0.0677. The molecule has 0 saturated carbocycles. The number of hydrogen-bond donors (Lipinski definition) is 1. The number of amides is 1. The maximum absolute atomic E-state index is 12.5. The summed E-state index contributed by atoms with van der Waals surface area (Å²) in [5, 5.41) is 3.23. The second kappa shape index (κ2) is 6.47. The lowest BCUT2D eigenvalue weighted by Gasteiger charge is -2.09. The number of nitrogens with two attached hydrogens (primary N) is 1. The van der Waals surface area contributed by atoms with Gasteiger partial charge in [-0.25, -0.2) is 0 Å². The second-order valence-corrected chi connectivity index (χ2v) is 5.32. The summed E-state index contributed by atoms with van der Waals surface area (Å²) in [6, 6.07) is 8.98. The van der Waals surface area contributed by atoms with Gasteiger partial charge in [-0.1, -0.05) is 23.4 Å². The number of aromatic nitrogens is 3. The van der Waals surface area contributed by atoms with Crippen molar-refractivity contribution >= 4 is 5.91 Å². The molecule has 0 spiro atoms. The second-order valence-electron chi connectivity index (χ2n) is 5.32. The largest absolute Gasteiger partial charge is 0.471 e. The molecule has 1 amide bonds. The number of benzene rings is 1. The van der Waals surface area contributed by atoms with Crippen LogP contribution < -0.4 is 11.3 Å². The molecular formula is C16H11F3N4O3. The monoisotopic (exact) mass is 364 g/mol. The van der Waals surface area contributed by atoms with E-state index in [-0.39, 0.29) is 23.5 Å². The zero-order chi connectivity index (χ0) is 18.9. The van der Waals surface area contributed by atoms with Gasteiger partial charge >= 0.3 is 12.1 Å². The van der Waals surface area contributed by atoms with Crippen molar-refractivity contribution in [2.75, 3.05) is 0 Å². The van der Waals surface area contributed by atoms with Crippen molar-refractivity contribution in [1.82, 2.24) is 14.7 Å². The zero-order valence-electron chi connectivity index (χ0n) is 13.0. The minimum Gasteiger partial charge on any atom is -0.366 e. The fourth-order valence-electron chi connectivity index (χ4n) is 2.32. The summed E-state index contributed by atoms with van der Waals surface area (Å²) in [5.41, 5.74) is 5.67. The molecule has 3 rings (SSSR count). The Morgan fingerprint density at radius 3 is 2.58 bits per heavy atom. The molecule has 26 heavy (non-hydrogen) atoms. The first-order valence-electron chi connectivity index (χ1n) is 7.25. The van der Waals surface area contributed by atoms with Gasteiger partial charge < -0.3 is 14.8 Å². The molecule has 2 N–H and O–H groups in total. The van der Waals surface area contributed by atoms with Crippen molar-refractivity contribution in [1.29, 1.82) is 0 Å². The van der Waals surface area contributed by atoms with Crippen LogP contribution in [0.25, 0.3) is 11.4 Å². The van der Waals surface area contributed by atoms with E-state index in [1.807, 2.05) is 0 Å². The molecule has 0 aliphatic rings. The molecule has 3 aromatic rings. The van der Waals surface area contributed by atoms with Crippen LogP contribution in [0.5, 0.6) is 0 Å². The Bertz CT molecular complexity index is 1020. The van der Waals surface area contributed by atoms with Gasteiger partial charge in [0.25, 0.3) is 5.56 Å². The maximum Gasteiger partial charge on any atom is 0.471 e. The third kappa shape index (κ3) is 3.48. The fraction of sp³-hybridized carbons (Fsp3) is 0.125. The third-order valence-electron chi connectivity index (χ3n) is 3.55.